The van der Waals surface area contributed by atoms with Crippen LogP contribution in [0.3, 0.4) is 0 Å². The Bertz CT molecular complexity index is 862. The first kappa shape index (κ1) is 18.5. The van der Waals surface area contributed by atoms with Crippen molar-refractivity contribution in [1.29, 1.82) is 0 Å². The first-order chi connectivity index (χ1) is 11.1. The van der Waals surface area contributed by atoms with Gasteiger partial charge < -0.3 is 26.3 Å². The Morgan fingerprint density at radius 3 is 2.62 bits per heavy atom. The van der Waals surface area contributed by atoms with Crippen LogP contribution in [-0.2, 0) is 13.6 Å². The maximum Gasteiger partial charge on any atom is 0.227 e. The molecule has 2 heterocycles. The molecule has 0 radical (unpaired) electrons. The van der Waals surface area contributed by atoms with Crippen LogP contribution in [0.25, 0.3) is 11.0 Å². The number of hydrogen-bond acceptors (Lipinski definition) is 4. The van der Waals surface area contributed by atoms with Gasteiger partial charge in [-0.3, -0.25) is 4.79 Å². The van der Waals surface area contributed by atoms with Crippen molar-refractivity contribution in [3.05, 3.63) is 48.3 Å². The van der Waals surface area contributed by atoms with Gasteiger partial charge >= 0.3 is 0 Å². The monoisotopic (exact) mass is 407 g/mol. The van der Waals surface area contributed by atoms with Crippen LogP contribution >= 0.6 is 11.8 Å². The molecule has 0 N–H and O–H groups in total. The van der Waals surface area contributed by atoms with E-state index in [0.717, 1.165) is 21.9 Å². The highest BCUT2D eigenvalue weighted by molar-refractivity contribution is 7.98. The second-order valence-corrected chi connectivity index (χ2v) is 5.97. The SMILES string of the molecule is COc1ccc(C(=O)C[n+]2ccc3c(c2)nc(SC)n3C)cc1.[Br-]. The number of aromatic nitrogens is 3. The number of hydrogen-bond donors (Lipinski definition) is 0. The second-order valence-electron chi connectivity index (χ2n) is 5.20. The van der Waals surface area contributed by atoms with Gasteiger partial charge in [0.1, 0.15) is 5.75 Å². The van der Waals surface area contributed by atoms with Gasteiger partial charge in [0.25, 0.3) is 0 Å². The number of pyridine rings is 1. The van der Waals surface area contributed by atoms with Crippen molar-refractivity contribution in [2.24, 2.45) is 7.05 Å². The zero-order valence-corrected chi connectivity index (χ0v) is 16.1. The van der Waals surface area contributed by atoms with E-state index < -0.39 is 0 Å². The van der Waals surface area contributed by atoms with E-state index in [2.05, 4.69) is 9.55 Å². The molecule has 0 aliphatic carbocycles. The number of fused-ring (bicyclic) bond motifs is 1. The average Bonchev–Trinajstić information content (AvgIpc) is 2.90. The van der Waals surface area contributed by atoms with Crippen LogP contribution in [0, 0.1) is 0 Å². The molecule has 2 aromatic heterocycles. The lowest BCUT2D eigenvalue weighted by Crippen LogP contribution is -3.00. The fraction of sp³-hybridized carbons (Fsp3) is 0.235. The largest absolute Gasteiger partial charge is 1.00 e. The summed E-state index contributed by atoms with van der Waals surface area (Å²) in [5.74, 6) is 0.798. The van der Waals surface area contributed by atoms with E-state index in [4.69, 9.17) is 4.74 Å². The lowest BCUT2D eigenvalue weighted by molar-refractivity contribution is -0.681. The van der Waals surface area contributed by atoms with Crippen LogP contribution in [0.1, 0.15) is 10.4 Å². The first-order valence-corrected chi connectivity index (χ1v) is 8.41. The number of thioether (sulfide) groups is 1. The van der Waals surface area contributed by atoms with Crippen LogP contribution in [0.4, 0.5) is 0 Å². The lowest BCUT2D eigenvalue weighted by atomic mass is 10.1. The maximum absolute atomic E-state index is 12.4. The van der Waals surface area contributed by atoms with E-state index in [0.29, 0.717) is 5.56 Å². The van der Waals surface area contributed by atoms with Gasteiger partial charge in [0.2, 0.25) is 12.3 Å². The highest BCUT2D eigenvalue weighted by Crippen LogP contribution is 2.19. The Kier molecular flexibility index (Phi) is 6.01. The molecule has 126 valence electrons. The van der Waals surface area contributed by atoms with Crippen LogP contribution in [0.15, 0.2) is 47.9 Å². The molecule has 0 saturated carbocycles. The number of ketones is 1. The molecule has 3 rings (SSSR count). The number of benzene rings is 1. The average molecular weight is 408 g/mol. The molecule has 0 aliphatic heterocycles. The molecule has 5 nitrogen and oxygen atoms in total. The highest BCUT2D eigenvalue weighted by atomic mass is 79.9. The number of aryl methyl sites for hydroxylation is 1. The van der Waals surface area contributed by atoms with Gasteiger partial charge in [-0.15, -0.1) is 0 Å². The molecule has 0 spiro atoms. The Morgan fingerprint density at radius 2 is 2.00 bits per heavy atom. The van der Waals surface area contributed by atoms with E-state index >= 15 is 0 Å². The lowest BCUT2D eigenvalue weighted by Gasteiger charge is -2.01. The van der Waals surface area contributed by atoms with Crippen molar-refractivity contribution < 1.29 is 31.1 Å². The number of ether oxygens (including phenoxy) is 1. The predicted molar refractivity (Wildman–Crippen MR) is 90.0 cm³/mol. The summed E-state index contributed by atoms with van der Waals surface area (Å²) in [7, 11) is 3.60. The summed E-state index contributed by atoms with van der Waals surface area (Å²) in [5.41, 5.74) is 2.62. The van der Waals surface area contributed by atoms with Gasteiger partial charge in [-0.25, -0.2) is 4.98 Å². The quantitative estimate of drug-likeness (QED) is 0.324. The molecule has 0 amide bonds. The number of rotatable bonds is 5. The Morgan fingerprint density at radius 1 is 1.29 bits per heavy atom. The van der Waals surface area contributed by atoms with E-state index in [1.54, 1.807) is 43.1 Å². The third kappa shape index (κ3) is 3.62. The Balaban J connectivity index is 0.00000208. The molecule has 24 heavy (non-hydrogen) atoms. The van der Waals surface area contributed by atoms with Crippen molar-refractivity contribution in [1.82, 2.24) is 9.55 Å². The maximum atomic E-state index is 12.4. The van der Waals surface area contributed by atoms with Crippen molar-refractivity contribution in [3.63, 3.8) is 0 Å². The predicted octanol–water partition coefficient (Wildman–Crippen LogP) is -0.522. The minimum Gasteiger partial charge on any atom is -1.00 e. The molecular weight excluding hydrogens is 390 g/mol. The van der Waals surface area contributed by atoms with Crippen LogP contribution in [0.2, 0.25) is 0 Å². The number of nitrogens with zero attached hydrogens (tertiary/aromatic N) is 3. The minimum atomic E-state index is 0. The van der Waals surface area contributed by atoms with Crippen molar-refractivity contribution in [2.75, 3.05) is 13.4 Å². The molecule has 0 saturated heterocycles. The number of imidazole rings is 1. The summed E-state index contributed by atoms with van der Waals surface area (Å²) in [4.78, 5) is 17.0. The van der Waals surface area contributed by atoms with E-state index in [9.17, 15) is 4.79 Å². The van der Waals surface area contributed by atoms with Crippen LogP contribution in [0.5, 0.6) is 5.75 Å². The zero-order chi connectivity index (χ0) is 16.4. The number of Topliss-reactive ketones (excluding diaryl/α,β-unsaturated/α-hetero) is 1. The molecule has 0 unspecified atom stereocenters. The van der Waals surface area contributed by atoms with Gasteiger partial charge in [0, 0.05) is 18.7 Å². The van der Waals surface area contributed by atoms with Gasteiger partial charge in [-0.2, -0.15) is 4.57 Å². The molecule has 7 heteroatoms. The third-order valence-electron chi connectivity index (χ3n) is 3.76. The van der Waals surface area contributed by atoms with Crippen LogP contribution in [-0.4, -0.2) is 28.7 Å². The number of carbonyl (C=O) groups excluding carboxylic acids is 1. The molecule has 0 atom stereocenters. The van der Waals surface area contributed by atoms with E-state index in [1.807, 2.05) is 36.3 Å². The molecule has 0 fully saturated rings. The second kappa shape index (κ2) is 7.81. The molecule has 0 aliphatic rings. The summed E-state index contributed by atoms with van der Waals surface area (Å²) >= 11 is 1.61. The van der Waals surface area contributed by atoms with Crippen molar-refractivity contribution >= 4 is 28.6 Å². The van der Waals surface area contributed by atoms with Crippen molar-refractivity contribution in [3.8, 4) is 5.75 Å². The van der Waals surface area contributed by atoms with E-state index in [-0.39, 0.29) is 29.3 Å². The normalized spacial score (nSPS) is 10.5. The topological polar surface area (TPSA) is 48.0 Å². The van der Waals surface area contributed by atoms with E-state index in [1.165, 1.54) is 0 Å². The van der Waals surface area contributed by atoms with Crippen molar-refractivity contribution in [2.45, 2.75) is 11.7 Å². The van der Waals surface area contributed by atoms with Gasteiger partial charge in [0.15, 0.2) is 23.1 Å². The Hall–Kier alpha value is -1.86. The summed E-state index contributed by atoms with van der Waals surface area (Å²) in [6, 6.07) is 9.15. The fourth-order valence-electron chi connectivity index (χ4n) is 2.48. The number of methoxy groups -OCH3 is 1. The van der Waals surface area contributed by atoms with Gasteiger partial charge in [0.05, 0.1) is 12.6 Å². The smallest absolute Gasteiger partial charge is 0.227 e. The third-order valence-corrected chi connectivity index (χ3v) is 4.49. The summed E-state index contributed by atoms with van der Waals surface area (Å²) < 4.78 is 9.03. The Labute approximate surface area is 155 Å². The summed E-state index contributed by atoms with van der Waals surface area (Å²) in [5, 5.41) is 0.958. The van der Waals surface area contributed by atoms with Gasteiger partial charge in [-0.05, 0) is 30.5 Å². The molecule has 3 aromatic rings. The molecule has 1 aromatic carbocycles. The first-order valence-electron chi connectivity index (χ1n) is 7.19. The number of carbonyl (C=O) groups is 1. The zero-order valence-electron chi connectivity index (χ0n) is 13.7. The van der Waals surface area contributed by atoms with Gasteiger partial charge in [-0.1, -0.05) is 11.8 Å². The molecule has 0 bridgehead atoms. The molecular formula is C17H18BrN3O2S. The standard InChI is InChI=1S/C17H18N3O2S.BrH/c1-19-15-8-9-20(10-14(15)18-17(19)23-3)11-16(21)12-4-6-13(22-2)7-5-12;/h4-10H,11H2,1-3H3;1H/q+1;/p-1. The fourth-order valence-corrected chi connectivity index (χ4v) is 3.05. The number of halogens is 1. The summed E-state index contributed by atoms with van der Waals surface area (Å²) in [6.45, 7) is 0.285. The summed E-state index contributed by atoms with van der Waals surface area (Å²) in [6.07, 6.45) is 5.83. The minimum absolute atomic E-state index is 0. The highest BCUT2D eigenvalue weighted by Gasteiger charge is 2.15. The van der Waals surface area contributed by atoms with Crippen LogP contribution < -0.4 is 26.3 Å².